The highest BCUT2D eigenvalue weighted by Gasteiger charge is 2.09. The van der Waals surface area contributed by atoms with Gasteiger partial charge in [0.05, 0.1) is 24.8 Å². The highest BCUT2D eigenvalue weighted by Crippen LogP contribution is 2.16. The van der Waals surface area contributed by atoms with E-state index in [0.717, 1.165) is 28.8 Å². The fraction of sp³-hybridized carbons (Fsp3) is 0.125. The number of benzene rings is 3. The number of halogens is 1. The van der Waals surface area contributed by atoms with E-state index in [2.05, 4.69) is 25.9 Å². The Balaban J connectivity index is 1.21. The maximum absolute atomic E-state index is 13.7. The van der Waals surface area contributed by atoms with E-state index >= 15 is 0 Å². The molecule has 0 aliphatic rings. The van der Waals surface area contributed by atoms with E-state index in [-0.39, 0.29) is 24.1 Å². The number of methoxy groups -OCH3 is 1. The lowest BCUT2D eigenvalue weighted by atomic mass is 10.2. The van der Waals surface area contributed by atoms with Crippen molar-refractivity contribution in [1.29, 1.82) is 0 Å². The van der Waals surface area contributed by atoms with E-state index in [0.29, 0.717) is 16.5 Å². The molecule has 0 bridgehead atoms. The summed E-state index contributed by atoms with van der Waals surface area (Å²) >= 11 is 1.15. The number of nitrogens with one attached hydrogen (secondary N) is 1. The number of aromatic nitrogens is 4. The molecule has 1 N–H and O–H groups in total. The Morgan fingerprint density at radius 2 is 1.83 bits per heavy atom. The van der Waals surface area contributed by atoms with Crippen molar-refractivity contribution in [3.63, 3.8) is 0 Å². The number of hydrogen-bond acceptors (Lipinski definition) is 8. The van der Waals surface area contributed by atoms with Crippen LogP contribution in [-0.2, 0) is 11.4 Å². The topological polar surface area (TPSA) is 104 Å². The summed E-state index contributed by atoms with van der Waals surface area (Å²) in [5.74, 6) is 0.791. The number of tetrazole rings is 1. The van der Waals surface area contributed by atoms with Gasteiger partial charge in [-0.25, -0.2) is 9.82 Å². The van der Waals surface area contributed by atoms with Gasteiger partial charge in [0, 0.05) is 5.56 Å². The minimum absolute atomic E-state index is 0.0778. The second-order valence-corrected chi connectivity index (χ2v) is 8.03. The molecule has 0 aliphatic carbocycles. The van der Waals surface area contributed by atoms with Gasteiger partial charge in [-0.1, -0.05) is 30.0 Å². The fourth-order valence-corrected chi connectivity index (χ4v) is 3.41. The van der Waals surface area contributed by atoms with Crippen LogP contribution in [0.4, 0.5) is 4.39 Å². The minimum Gasteiger partial charge on any atom is -0.497 e. The lowest BCUT2D eigenvalue weighted by Crippen LogP contribution is -2.19. The van der Waals surface area contributed by atoms with E-state index in [4.69, 9.17) is 9.47 Å². The number of thioether (sulfide) groups is 1. The molecular formula is C24H21FN6O3S. The van der Waals surface area contributed by atoms with Crippen LogP contribution in [0.3, 0.4) is 0 Å². The van der Waals surface area contributed by atoms with Crippen molar-refractivity contribution in [2.45, 2.75) is 11.8 Å². The number of amides is 1. The van der Waals surface area contributed by atoms with Gasteiger partial charge < -0.3 is 9.47 Å². The quantitative estimate of drug-likeness (QED) is 0.205. The average molecular weight is 493 g/mol. The van der Waals surface area contributed by atoms with Crippen LogP contribution in [0.25, 0.3) is 5.69 Å². The molecule has 0 fully saturated rings. The molecule has 4 aromatic rings. The summed E-state index contributed by atoms with van der Waals surface area (Å²) in [6.45, 7) is 0.135. The van der Waals surface area contributed by atoms with Gasteiger partial charge in [0.2, 0.25) is 5.16 Å². The van der Waals surface area contributed by atoms with Crippen molar-refractivity contribution < 1.29 is 18.7 Å². The molecule has 178 valence electrons. The first-order valence-electron chi connectivity index (χ1n) is 10.5. The second kappa shape index (κ2) is 11.7. The zero-order chi connectivity index (χ0) is 24.5. The molecule has 1 aromatic heterocycles. The molecule has 0 saturated carbocycles. The van der Waals surface area contributed by atoms with Gasteiger partial charge in [0.25, 0.3) is 5.91 Å². The summed E-state index contributed by atoms with van der Waals surface area (Å²) in [7, 11) is 1.59. The first-order valence-corrected chi connectivity index (χ1v) is 11.4. The maximum Gasteiger partial charge on any atom is 0.250 e. The van der Waals surface area contributed by atoms with Crippen LogP contribution in [0.5, 0.6) is 11.5 Å². The van der Waals surface area contributed by atoms with Crippen LogP contribution in [0.2, 0.25) is 0 Å². The normalized spacial score (nSPS) is 10.9. The zero-order valence-corrected chi connectivity index (χ0v) is 19.5. The maximum atomic E-state index is 13.7. The number of rotatable bonds is 10. The van der Waals surface area contributed by atoms with Crippen LogP contribution in [0, 0.1) is 5.82 Å². The summed E-state index contributed by atoms with van der Waals surface area (Å²) in [5.41, 5.74) is 4.43. The van der Waals surface area contributed by atoms with Gasteiger partial charge in [-0.3, -0.25) is 4.79 Å². The van der Waals surface area contributed by atoms with Crippen molar-refractivity contribution in [3.05, 3.63) is 89.7 Å². The van der Waals surface area contributed by atoms with Crippen LogP contribution < -0.4 is 14.9 Å². The summed E-state index contributed by atoms with van der Waals surface area (Å²) in [5, 5.41) is 16.5. The number of hydrazone groups is 1. The Morgan fingerprint density at radius 3 is 2.57 bits per heavy atom. The van der Waals surface area contributed by atoms with Gasteiger partial charge in [0.15, 0.2) is 0 Å². The lowest BCUT2D eigenvalue weighted by Gasteiger charge is -2.07. The Morgan fingerprint density at radius 1 is 1.09 bits per heavy atom. The van der Waals surface area contributed by atoms with Gasteiger partial charge in [0.1, 0.15) is 23.9 Å². The third-order valence-corrected chi connectivity index (χ3v) is 5.49. The van der Waals surface area contributed by atoms with Crippen molar-refractivity contribution in [3.8, 4) is 17.2 Å². The monoisotopic (exact) mass is 492 g/mol. The number of carbonyl (C=O) groups excluding carboxylic acids is 1. The van der Waals surface area contributed by atoms with E-state index < -0.39 is 0 Å². The summed E-state index contributed by atoms with van der Waals surface area (Å²) in [6, 6.07) is 20.7. The van der Waals surface area contributed by atoms with Gasteiger partial charge in [-0.15, -0.1) is 15.0 Å². The molecule has 1 heterocycles. The highest BCUT2D eigenvalue weighted by atomic mass is 32.2. The smallest absolute Gasteiger partial charge is 0.250 e. The number of hydrogen-bond donors (Lipinski definition) is 1. The third-order valence-electron chi connectivity index (χ3n) is 4.67. The van der Waals surface area contributed by atoms with Crippen LogP contribution in [0.15, 0.2) is 83.1 Å². The average Bonchev–Trinajstić information content (AvgIpc) is 3.37. The van der Waals surface area contributed by atoms with Gasteiger partial charge in [-0.2, -0.15) is 5.10 Å². The molecule has 4 rings (SSSR count). The van der Waals surface area contributed by atoms with Crippen molar-refractivity contribution in [2.75, 3.05) is 12.9 Å². The Kier molecular flexibility index (Phi) is 8.02. The zero-order valence-electron chi connectivity index (χ0n) is 18.7. The number of nitrogens with zero attached hydrogens (tertiary/aromatic N) is 5. The van der Waals surface area contributed by atoms with Crippen molar-refractivity contribution in [1.82, 2.24) is 25.6 Å². The summed E-state index contributed by atoms with van der Waals surface area (Å²) < 4.78 is 24.4. The van der Waals surface area contributed by atoms with E-state index in [9.17, 15) is 9.18 Å². The SMILES string of the molecule is COc1ccc(-n2nnc(SCC(=O)NN=Cc3ccc(OCc4ccccc4F)cc3)n2)cc1. The van der Waals surface area contributed by atoms with Gasteiger partial charge >= 0.3 is 0 Å². The molecule has 9 nitrogen and oxygen atoms in total. The molecule has 1 amide bonds. The Bertz CT molecular complexity index is 1300. The Hall–Kier alpha value is -4.25. The predicted molar refractivity (Wildman–Crippen MR) is 129 cm³/mol. The Labute approximate surface area is 205 Å². The second-order valence-electron chi connectivity index (χ2n) is 7.09. The standard InChI is InChI=1S/C24H21FN6O3S/c1-33-20-12-8-19(9-13-20)31-29-24(28-30-31)35-16-23(32)27-26-14-17-6-10-21(11-7-17)34-15-18-4-2-3-5-22(18)25/h2-14H,15-16H2,1H3,(H,27,32). The van der Waals surface area contributed by atoms with Crippen LogP contribution in [0.1, 0.15) is 11.1 Å². The molecule has 0 atom stereocenters. The predicted octanol–water partition coefficient (Wildman–Crippen LogP) is 3.63. The number of carbonyl (C=O) groups is 1. The lowest BCUT2D eigenvalue weighted by molar-refractivity contribution is -0.118. The molecule has 0 spiro atoms. The largest absolute Gasteiger partial charge is 0.497 e. The molecule has 0 saturated heterocycles. The molecule has 35 heavy (non-hydrogen) atoms. The number of ether oxygens (including phenoxy) is 2. The summed E-state index contributed by atoms with van der Waals surface area (Å²) in [6.07, 6.45) is 1.52. The van der Waals surface area contributed by atoms with E-state index in [1.165, 1.54) is 17.1 Å². The minimum atomic E-state index is -0.308. The molecular weight excluding hydrogens is 471 g/mol. The highest BCUT2D eigenvalue weighted by molar-refractivity contribution is 7.99. The molecule has 0 radical (unpaired) electrons. The van der Waals surface area contributed by atoms with Crippen LogP contribution in [-0.4, -0.2) is 45.2 Å². The fourth-order valence-electron chi connectivity index (χ4n) is 2.85. The van der Waals surface area contributed by atoms with E-state index in [1.807, 2.05) is 0 Å². The van der Waals surface area contributed by atoms with Gasteiger partial charge in [-0.05, 0) is 65.4 Å². The van der Waals surface area contributed by atoms with E-state index in [1.54, 1.807) is 73.8 Å². The molecule has 3 aromatic carbocycles. The van der Waals surface area contributed by atoms with Crippen molar-refractivity contribution >= 4 is 23.9 Å². The molecule has 11 heteroatoms. The van der Waals surface area contributed by atoms with Crippen molar-refractivity contribution in [2.24, 2.45) is 5.10 Å². The first kappa shape index (κ1) is 23.9. The third kappa shape index (κ3) is 6.87. The first-order chi connectivity index (χ1) is 17.1. The summed E-state index contributed by atoms with van der Waals surface area (Å²) in [4.78, 5) is 13.4. The molecule has 0 unspecified atom stereocenters. The van der Waals surface area contributed by atoms with Crippen LogP contribution >= 0.6 is 11.8 Å². The molecule has 0 aliphatic heterocycles.